The van der Waals surface area contributed by atoms with Crippen molar-refractivity contribution in [3.63, 3.8) is 0 Å². The van der Waals surface area contributed by atoms with Crippen molar-refractivity contribution in [1.82, 2.24) is 19.8 Å². The van der Waals surface area contributed by atoms with Crippen LogP contribution in [0.5, 0.6) is 0 Å². The van der Waals surface area contributed by atoms with E-state index in [1.807, 2.05) is 37.4 Å². The predicted octanol–water partition coefficient (Wildman–Crippen LogP) is 4.88. The Balaban J connectivity index is 1.32. The first kappa shape index (κ1) is 27.0. The molecule has 0 unspecified atom stereocenters. The van der Waals surface area contributed by atoms with Gasteiger partial charge in [0.1, 0.15) is 0 Å². The van der Waals surface area contributed by atoms with Crippen molar-refractivity contribution in [2.24, 2.45) is 5.92 Å². The Morgan fingerprint density at radius 2 is 1.92 bits per heavy atom. The van der Waals surface area contributed by atoms with Crippen LogP contribution >= 0.6 is 11.8 Å². The van der Waals surface area contributed by atoms with Crippen LogP contribution in [-0.2, 0) is 17.8 Å². The van der Waals surface area contributed by atoms with Gasteiger partial charge in [0.25, 0.3) is 11.5 Å². The first-order valence-electron chi connectivity index (χ1n) is 13.7. The molecular formula is C30H40N4O3S. The molecule has 0 spiro atoms. The molecule has 2 aromatic heterocycles. The van der Waals surface area contributed by atoms with Gasteiger partial charge in [-0.25, -0.2) is 0 Å². The van der Waals surface area contributed by atoms with Crippen LogP contribution in [0.3, 0.4) is 0 Å². The highest BCUT2D eigenvalue weighted by Gasteiger charge is 2.41. The molecule has 3 heterocycles. The molecule has 7 nitrogen and oxygen atoms in total. The molecule has 3 aromatic rings. The highest BCUT2D eigenvalue weighted by atomic mass is 32.2. The highest BCUT2D eigenvalue weighted by molar-refractivity contribution is 7.98. The topological polar surface area (TPSA) is 79.4 Å². The van der Waals surface area contributed by atoms with E-state index in [-0.39, 0.29) is 23.6 Å². The number of benzene rings is 1. The second-order valence-corrected chi connectivity index (χ2v) is 12.2. The zero-order chi connectivity index (χ0) is 27.0. The molecule has 1 saturated carbocycles. The van der Waals surface area contributed by atoms with Gasteiger partial charge in [0.15, 0.2) is 0 Å². The molecule has 2 fully saturated rings. The van der Waals surface area contributed by atoms with Gasteiger partial charge in [0.2, 0.25) is 0 Å². The second kappa shape index (κ2) is 10.9. The van der Waals surface area contributed by atoms with Crippen molar-refractivity contribution in [2.45, 2.75) is 76.0 Å². The second-order valence-electron chi connectivity index (χ2n) is 11.4. The Morgan fingerprint density at radius 1 is 1.21 bits per heavy atom. The number of aromatic amines is 1. The zero-order valence-electron chi connectivity index (χ0n) is 23.2. The smallest absolute Gasteiger partial charge is 0.254 e. The van der Waals surface area contributed by atoms with Gasteiger partial charge < -0.3 is 19.6 Å². The van der Waals surface area contributed by atoms with E-state index in [0.29, 0.717) is 23.1 Å². The van der Waals surface area contributed by atoms with E-state index in [1.165, 1.54) is 37.4 Å². The summed E-state index contributed by atoms with van der Waals surface area (Å²) in [6.45, 7) is 9.02. The molecule has 2 N–H and O–H groups in total. The maximum absolute atomic E-state index is 13.5. The first-order valence-corrected chi connectivity index (χ1v) is 14.9. The molecule has 1 saturated heterocycles. The zero-order valence-corrected chi connectivity index (χ0v) is 24.0. The molecule has 38 heavy (non-hydrogen) atoms. The number of ether oxygens (including phenoxy) is 1. The molecule has 1 aliphatic heterocycles. The van der Waals surface area contributed by atoms with Crippen LogP contribution in [0.2, 0.25) is 0 Å². The number of aromatic nitrogens is 2. The van der Waals surface area contributed by atoms with Crippen molar-refractivity contribution in [2.75, 3.05) is 26.5 Å². The number of pyridine rings is 1. The molecule has 0 bridgehead atoms. The van der Waals surface area contributed by atoms with Crippen LogP contribution < -0.4 is 10.9 Å². The summed E-state index contributed by atoms with van der Waals surface area (Å²) >= 11 is 1.52. The Bertz CT molecular complexity index is 1380. The lowest BCUT2D eigenvalue weighted by Crippen LogP contribution is -2.61. The molecule has 0 radical (unpaired) electrons. The van der Waals surface area contributed by atoms with E-state index in [1.54, 1.807) is 0 Å². The number of hydrogen-bond donors (Lipinski definition) is 2. The summed E-state index contributed by atoms with van der Waals surface area (Å²) in [5.41, 5.74) is 4.27. The molecule has 1 amide bonds. The number of likely N-dealkylation sites (N-methyl/N-ethyl adjacent to an activating group) is 1. The van der Waals surface area contributed by atoms with E-state index in [0.717, 1.165) is 46.9 Å². The minimum absolute atomic E-state index is 0.134. The van der Waals surface area contributed by atoms with Crippen LogP contribution in [0.25, 0.3) is 10.9 Å². The largest absolute Gasteiger partial charge is 0.377 e. The fourth-order valence-corrected chi connectivity index (χ4v) is 6.97. The monoisotopic (exact) mass is 536 g/mol. The lowest BCUT2D eigenvalue weighted by molar-refractivity contribution is -0.138. The maximum Gasteiger partial charge on any atom is 0.254 e. The van der Waals surface area contributed by atoms with E-state index in [9.17, 15) is 9.59 Å². The van der Waals surface area contributed by atoms with Crippen molar-refractivity contribution >= 4 is 28.6 Å². The van der Waals surface area contributed by atoms with Gasteiger partial charge in [-0.05, 0) is 77.8 Å². The van der Waals surface area contributed by atoms with Crippen molar-refractivity contribution in [3.05, 3.63) is 63.2 Å². The van der Waals surface area contributed by atoms with Crippen LogP contribution in [-0.4, -0.2) is 58.5 Å². The van der Waals surface area contributed by atoms with Crippen LogP contribution in [0.1, 0.15) is 59.9 Å². The first-order chi connectivity index (χ1) is 18.2. The SMILES string of the molecule is CSc1cc(C)[nH]c(=O)c1CNC(=O)c1c(C)n(CC2CCC(N(C)C3(C)COC3)CC2)c2ccccc12. The highest BCUT2D eigenvalue weighted by Crippen LogP contribution is 2.35. The average Bonchev–Trinajstić information content (AvgIpc) is 3.17. The summed E-state index contributed by atoms with van der Waals surface area (Å²) in [6, 6.07) is 10.8. The number of nitrogens with zero attached hydrogens (tertiary/aromatic N) is 2. The minimum atomic E-state index is -0.145. The molecule has 8 heteroatoms. The summed E-state index contributed by atoms with van der Waals surface area (Å²) in [6.07, 6.45) is 6.72. The van der Waals surface area contributed by atoms with Crippen LogP contribution in [0.4, 0.5) is 0 Å². The molecule has 1 aromatic carbocycles. The van der Waals surface area contributed by atoms with Crippen molar-refractivity contribution < 1.29 is 9.53 Å². The Labute approximate surface area is 229 Å². The van der Waals surface area contributed by atoms with Gasteiger partial charge in [0.05, 0.1) is 24.3 Å². The summed E-state index contributed by atoms with van der Waals surface area (Å²) in [5.74, 6) is 0.455. The number of H-pyrrole nitrogens is 1. The van der Waals surface area contributed by atoms with Gasteiger partial charge in [-0.3, -0.25) is 14.5 Å². The van der Waals surface area contributed by atoms with E-state index < -0.39 is 0 Å². The fraction of sp³-hybridized carbons (Fsp3) is 0.533. The number of thioether (sulfide) groups is 1. The van der Waals surface area contributed by atoms with Gasteiger partial charge >= 0.3 is 0 Å². The van der Waals surface area contributed by atoms with Crippen LogP contribution in [0.15, 0.2) is 40.0 Å². The third-order valence-electron chi connectivity index (χ3n) is 8.82. The standard InChI is InChI=1S/C30H40N4O3S/c1-19-14-26(38-5)24(28(35)32-19)15-31-29(36)27-20(2)34(25-9-7-6-8-23(25)27)16-21-10-12-22(13-11-21)33(4)30(3)17-37-18-30/h6-9,14,21-22H,10-13,15-18H2,1-5H3,(H,31,36)(H,32,35). The number of amides is 1. The number of nitrogens with one attached hydrogen (secondary N) is 2. The lowest BCUT2D eigenvalue weighted by Gasteiger charge is -2.50. The quantitative estimate of drug-likeness (QED) is 0.401. The Morgan fingerprint density at radius 3 is 2.58 bits per heavy atom. The maximum atomic E-state index is 13.5. The summed E-state index contributed by atoms with van der Waals surface area (Å²) in [7, 11) is 2.26. The van der Waals surface area contributed by atoms with Gasteiger partial charge in [-0.2, -0.15) is 0 Å². The molecule has 5 rings (SSSR count). The third kappa shape index (κ3) is 5.06. The molecule has 0 atom stereocenters. The van der Waals surface area contributed by atoms with Crippen LogP contribution in [0, 0.1) is 19.8 Å². The number of fused-ring (bicyclic) bond motifs is 1. The fourth-order valence-electron chi connectivity index (χ4n) is 6.26. The molecule has 204 valence electrons. The van der Waals surface area contributed by atoms with E-state index in [2.05, 4.69) is 46.7 Å². The van der Waals surface area contributed by atoms with Gasteiger partial charge in [0, 0.05) is 51.9 Å². The Kier molecular flexibility index (Phi) is 7.76. The van der Waals surface area contributed by atoms with E-state index in [4.69, 9.17) is 4.74 Å². The molecule has 2 aliphatic rings. The lowest BCUT2D eigenvalue weighted by atomic mass is 9.83. The normalized spacial score (nSPS) is 21.0. The number of para-hydroxylation sites is 1. The number of aryl methyl sites for hydroxylation is 1. The van der Waals surface area contributed by atoms with Gasteiger partial charge in [-0.15, -0.1) is 11.8 Å². The predicted molar refractivity (Wildman–Crippen MR) is 154 cm³/mol. The summed E-state index contributed by atoms with van der Waals surface area (Å²) in [4.78, 5) is 32.4. The van der Waals surface area contributed by atoms with Crippen molar-refractivity contribution in [3.8, 4) is 0 Å². The van der Waals surface area contributed by atoms with Crippen molar-refractivity contribution in [1.29, 1.82) is 0 Å². The molecule has 1 aliphatic carbocycles. The van der Waals surface area contributed by atoms with Gasteiger partial charge in [-0.1, -0.05) is 18.2 Å². The van der Waals surface area contributed by atoms with E-state index >= 15 is 0 Å². The number of carbonyl (C=O) groups is 1. The molecular weight excluding hydrogens is 496 g/mol. The number of hydrogen-bond acceptors (Lipinski definition) is 5. The summed E-state index contributed by atoms with van der Waals surface area (Å²) < 4.78 is 7.83. The Hall–Kier alpha value is -2.55. The number of rotatable bonds is 8. The number of carbonyl (C=O) groups excluding carboxylic acids is 1. The minimum Gasteiger partial charge on any atom is -0.377 e. The average molecular weight is 537 g/mol. The summed E-state index contributed by atoms with van der Waals surface area (Å²) in [5, 5.41) is 4.01. The third-order valence-corrected chi connectivity index (χ3v) is 9.62.